The summed E-state index contributed by atoms with van der Waals surface area (Å²) < 4.78 is 10.9. The molecule has 0 aliphatic rings. The molecular formula is C15H20O2. The summed E-state index contributed by atoms with van der Waals surface area (Å²) >= 11 is 0. The van der Waals surface area contributed by atoms with E-state index < -0.39 is 0 Å². The van der Waals surface area contributed by atoms with Crippen molar-refractivity contribution in [2.75, 3.05) is 13.7 Å². The lowest BCUT2D eigenvalue weighted by molar-refractivity contribution is 0.294. The van der Waals surface area contributed by atoms with Gasteiger partial charge >= 0.3 is 0 Å². The van der Waals surface area contributed by atoms with Gasteiger partial charge in [-0.05, 0) is 30.5 Å². The molecule has 0 bridgehead atoms. The largest absolute Gasteiger partial charge is 0.493 e. The first-order valence-corrected chi connectivity index (χ1v) is 5.97. The molecule has 1 unspecified atom stereocenters. The summed E-state index contributed by atoms with van der Waals surface area (Å²) in [4.78, 5) is 0. The molecule has 0 fully saturated rings. The Balaban J connectivity index is 2.81. The van der Waals surface area contributed by atoms with Crippen molar-refractivity contribution in [2.24, 2.45) is 5.92 Å². The molecule has 0 aromatic heterocycles. The van der Waals surface area contributed by atoms with Gasteiger partial charge in [0, 0.05) is 5.92 Å². The van der Waals surface area contributed by atoms with Crippen molar-refractivity contribution in [1.82, 2.24) is 0 Å². The minimum atomic E-state index is 0.238. The van der Waals surface area contributed by atoms with E-state index in [2.05, 4.69) is 12.8 Å². The Bertz CT molecular complexity index is 390. The normalized spacial score (nSPS) is 11.6. The van der Waals surface area contributed by atoms with Crippen LogP contribution in [-0.2, 0) is 6.42 Å². The van der Waals surface area contributed by atoms with E-state index in [4.69, 9.17) is 15.9 Å². The molecule has 0 N–H and O–H groups in total. The Kier molecular flexibility index (Phi) is 5.42. The van der Waals surface area contributed by atoms with Crippen LogP contribution in [0, 0.1) is 18.3 Å². The lowest BCUT2D eigenvalue weighted by Crippen LogP contribution is -2.00. The number of hydrogen-bond acceptors (Lipinski definition) is 2. The molecule has 0 amide bonds. The number of methoxy groups -OCH3 is 1. The van der Waals surface area contributed by atoms with Crippen LogP contribution in [0.4, 0.5) is 0 Å². The van der Waals surface area contributed by atoms with Crippen LogP contribution in [0.2, 0.25) is 0 Å². The van der Waals surface area contributed by atoms with Crippen LogP contribution in [0.3, 0.4) is 0 Å². The maximum atomic E-state index is 5.60. The summed E-state index contributed by atoms with van der Waals surface area (Å²) in [6.07, 6.45) is 7.23. The van der Waals surface area contributed by atoms with Crippen LogP contribution in [0.1, 0.15) is 25.8 Å². The maximum absolute atomic E-state index is 5.60. The molecule has 0 saturated carbocycles. The predicted octanol–water partition coefficient (Wildman–Crippen LogP) is 3.30. The Hall–Kier alpha value is -1.62. The average molecular weight is 232 g/mol. The lowest BCUT2D eigenvalue weighted by atomic mass is 10.0. The van der Waals surface area contributed by atoms with Crippen molar-refractivity contribution >= 4 is 0 Å². The topological polar surface area (TPSA) is 18.5 Å². The highest BCUT2D eigenvalue weighted by molar-refractivity contribution is 5.43. The zero-order valence-corrected chi connectivity index (χ0v) is 10.8. The van der Waals surface area contributed by atoms with Gasteiger partial charge in [-0.25, -0.2) is 0 Å². The van der Waals surface area contributed by atoms with Gasteiger partial charge in [-0.1, -0.05) is 19.9 Å². The van der Waals surface area contributed by atoms with E-state index in [0.717, 1.165) is 24.3 Å². The number of hydrogen-bond donors (Lipinski definition) is 0. The fourth-order valence-electron chi connectivity index (χ4n) is 1.58. The summed E-state index contributed by atoms with van der Waals surface area (Å²) in [6, 6.07) is 5.99. The van der Waals surface area contributed by atoms with Gasteiger partial charge in [0.25, 0.3) is 0 Å². The molecule has 0 heterocycles. The summed E-state index contributed by atoms with van der Waals surface area (Å²) in [7, 11) is 1.66. The second-order valence-electron chi connectivity index (χ2n) is 4.11. The minimum absolute atomic E-state index is 0.238. The van der Waals surface area contributed by atoms with E-state index in [1.54, 1.807) is 7.11 Å². The third-order valence-corrected chi connectivity index (χ3v) is 2.52. The molecule has 92 valence electrons. The third kappa shape index (κ3) is 4.03. The summed E-state index contributed by atoms with van der Waals surface area (Å²) in [5.74, 6) is 4.54. The molecule has 1 atom stereocenters. The molecule has 1 aromatic rings. The van der Waals surface area contributed by atoms with Crippen molar-refractivity contribution in [3.05, 3.63) is 23.8 Å². The third-order valence-electron chi connectivity index (χ3n) is 2.52. The highest BCUT2D eigenvalue weighted by Crippen LogP contribution is 2.29. The van der Waals surface area contributed by atoms with E-state index in [1.165, 1.54) is 5.56 Å². The fourth-order valence-corrected chi connectivity index (χ4v) is 1.58. The highest BCUT2D eigenvalue weighted by atomic mass is 16.5. The van der Waals surface area contributed by atoms with Crippen LogP contribution >= 0.6 is 0 Å². The smallest absolute Gasteiger partial charge is 0.161 e. The Morgan fingerprint density at radius 2 is 2.12 bits per heavy atom. The van der Waals surface area contributed by atoms with Gasteiger partial charge in [-0.15, -0.1) is 12.3 Å². The van der Waals surface area contributed by atoms with Crippen LogP contribution in [0.15, 0.2) is 18.2 Å². The number of ether oxygens (including phenoxy) is 2. The number of terminal acetylenes is 1. The SMILES string of the molecule is C#CC(C)Cc1ccc(OCCC)c(OC)c1. The average Bonchev–Trinajstić information content (AvgIpc) is 2.36. The first kappa shape index (κ1) is 13.4. The van der Waals surface area contributed by atoms with Crippen LogP contribution < -0.4 is 9.47 Å². The molecule has 0 radical (unpaired) electrons. The maximum Gasteiger partial charge on any atom is 0.161 e. The van der Waals surface area contributed by atoms with Crippen molar-refractivity contribution in [3.8, 4) is 23.8 Å². The van der Waals surface area contributed by atoms with E-state index >= 15 is 0 Å². The first-order chi connectivity index (χ1) is 8.21. The van der Waals surface area contributed by atoms with Gasteiger partial charge in [-0.3, -0.25) is 0 Å². The molecule has 0 spiro atoms. The Labute approximate surface area is 104 Å². The predicted molar refractivity (Wildman–Crippen MR) is 70.5 cm³/mol. The second-order valence-corrected chi connectivity index (χ2v) is 4.11. The van der Waals surface area contributed by atoms with Crippen molar-refractivity contribution in [1.29, 1.82) is 0 Å². The van der Waals surface area contributed by atoms with E-state index in [1.807, 2.05) is 25.1 Å². The molecular weight excluding hydrogens is 212 g/mol. The van der Waals surface area contributed by atoms with E-state index in [0.29, 0.717) is 6.61 Å². The lowest BCUT2D eigenvalue weighted by Gasteiger charge is -2.12. The van der Waals surface area contributed by atoms with Crippen molar-refractivity contribution in [2.45, 2.75) is 26.7 Å². The Morgan fingerprint density at radius 3 is 2.71 bits per heavy atom. The van der Waals surface area contributed by atoms with Gasteiger partial charge in [0.15, 0.2) is 11.5 Å². The zero-order chi connectivity index (χ0) is 12.7. The highest BCUT2D eigenvalue weighted by Gasteiger charge is 2.07. The molecule has 0 saturated heterocycles. The molecule has 1 aromatic carbocycles. The van der Waals surface area contributed by atoms with Crippen molar-refractivity contribution < 1.29 is 9.47 Å². The van der Waals surface area contributed by atoms with Crippen molar-refractivity contribution in [3.63, 3.8) is 0 Å². The molecule has 17 heavy (non-hydrogen) atoms. The summed E-state index contributed by atoms with van der Waals surface area (Å²) in [5.41, 5.74) is 1.18. The van der Waals surface area contributed by atoms with Gasteiger partial charge in [0.1, 0.15) is 0 Å². The quantitative estimate of drug-likeness (QED) is 0.701. The van der Waals surface area contributed by atoms with Crippen LogP contribution in [-0.4, -0.2) is 13.7 Å². The molecule has 2 nitrogen and oxygen atoms in total. The van der Waals surface area contributed by atoms with E-state index in [9.17, 15) is 0 Å². The number of rotatable bonds is 6. The molecule has 0 aliphatic carbocycles. The Morgan fingerprint density at radius 1 is 1.35 bits per heavy atom. The van der Waals surface area contributed by atoms with Gasteiger partial charge < -0.3 is 9.47 Å². The summed E-state index contributed by atoms with van der Waals surface area (Å²) in [6.45, 7) is 4.82. The number of benzene rings is 1. The first-order valence-electron chi connectivity index (χ1n) is 5.97. The molecule has 0 aliphatic heterocycles. The monoisotopic (exact) mass is 232 g/mol. The summed E-state index contributed by atoms with van der Waals surface area (Å²) in [5, 5.41) is 0. The molecule has 1 rings (SSSR count). The van der Waals surface area contributed by atoms with Gasteiger partial charge in [0.2, 0.25) is 0 Å². The standard InChI is InChI=1S/C15H20O2/c1-5-9-17-14-8-7-13(10-12(3)6-2)11-15(14)16-4/h2,7-8,11-12H,5,9-10H2,1,3-4H3. The molecule has 2 heteroatoms. The van der Waals surface area contributed by atoms with Crippen LogP contribution in [0.5, 0.6) is 11.5 Å². The second kappa shape index (κ2) is 6.85. The van der Waals surface area contributed by atoms with Gasteiger partial charge in [-0.2, -0.15) is 0 Å². The van der Waals surface area contributed by atoms with Gasteiger partial charge in [0.05, 0.1) is 13.7 Å². The van der Waals surface area contributed by atoms with E-state index in [-0.39, 0.29) is 5.92 Å². The fraction of sp³-hybridized carbons (Fsp3) is 0.467. The zero-order valence-electron chi connectivity index (χ0n) is 10.8. The minimum Gasteiger partial charge on any atom is -0.493 e. The van der Waals surface area contributed by atoms with Crippen LogP contribution in [0.25, 0.3) is 0 Å².